The van der Waals surface area contributed by atoms with Crippen LogP contribution in [0.4, 0.5) is 4.79 Å². The van der Waals surface area contributed by atoms with Gasteiger partial charge in [-0.25, -0.2) is 22.9 Å². The summed E-state index contributed by atoms with van der Waals surface area (Å²) in [5.41, 5.74) is -1.36. The third-order valence-electron chi connectivity index (χ3n) is 11.3. The average Bonchev–Trinajstić information content (AvgIpc) is 3.79. The number of nitrogens with one attached hydrogen (secondary N) is 3. The smallest absolute Gasteiger partial charge is 0.408 e. The Bertz CT molecular complexity index is 2710. The van der Waals surface area contributed by atoms with Gasteiger partial charge >= 0.3 is 6.09 Å². The van der Waals surface area contributed by atoms with Crippen LogP contribution in [0.5, 0.6) is 11.5 Å². The van der Waals surface area contributed by atoms with E-state index >= 15 is 0 Å². The quantitative estimate of drug-likeness (QED) is 0.111. The predicted molar refractivity (Wildman–Crippen MR) is 239 cm³/mol. The summed E-state index contributed by atoms with van der Waals surface area (Å²) < 4.78 is 47.6. The van der Waals surface area contributed by atoms with E-state index in [1.807, 2.05) is 36.4 Å². The van der Waals surface area contributed by atoms with E-state index in [9.17, 15) is 27.6 Å². The van der Waals surface area contributed by atoms with Crippen molar-refractivity contribution in [2.75, 3.05) is 13.7 Å². The summed E-state index contributed by atoms with van der Waals surface area (Å²) in [6.07, 6.45) is -0.0481. The van der Waals surface area contributed by atoms with Gasteiger partial charge < -0.3 is 29.7 Å². The number of benzene rings is 4. The molecule has 1 aliphatic heterocycles. The van der Waals surface area contributed by atoms with Crippen LogP contribution in [-0.2, 0) is 29.1 Å². The van der Waals surface area contributed by atoms with Gasteiger partial charge in [0.2, 0.25) is 11.8 Å². The lowest BCUT2D eigenvalue weighted by atomic mass is 9.85. The zero-order valence-electron chi connectivity index (χ0n) is 36.4. The molecule has 3 N–H and O–H groups in total. The standard InChI is InChI=1S/C48H53N5O9S/c1-9-31-27-48(31,44(56)52-63(58,59)40-21-15-19-29-16-13-14-20-34(29)40)51-42(54)38-25-33(28-53(38)43(55)41(46(2,3)4)50-45(57)62-47(5,6)7)61-39-26-36(30-17-11-10-12-18-30)49-37-24-32(60-8)22-23-35(37)39/h9-24,26,31,33,38,41H,1,25,27-28H2,2-8H3,(H,50,57)(H,51,54)(H,52,56)/t31?,33-,38+,41?,48-/m1/s1. The zero-order valence-corrected chi connectivity index (χ0v) is 37.2. The van der Waals surface area contributed by atoms with Crippen LogP contribution in [0.25, 0.3) is 32.9 Å². The number of rotatable bonds is 12. The summed E-state index contributed by atoms with van der Waals surface area (Å²) in [4.78, 5) is 63.0. The van der Waals surface area contributed by atoms with Crippen molar-refractivity contribution in [3.63, 3.8) is 0 Å². The van der Waals surface area contributed by atoms with Gasteiger partial charge in [0.05, 0.1) is 29.8 Å². The molecule has 4 aromatic carbocycles. The van der Waals surface area contributed by atoms with Gasteiger partial charge in [0, 0.05) is 40.8 Å². The fourth-order valence-corrected chi connectivity index (χ4v) is 9.26. The summed E-state index contributed by atoms with van der Waals surface area (Å²) in [5, 5.41) is 7.33. The van der Waals surface area contributed by atoms with Gasteiger partial charge in [-0.1, -0.05) is 93.6 Å². The highest BCUT2D eigenvalue weighted by atomic mass is 32.2. The molecule has 1 saturated heterocycles. The zero-order chi connectivity index (χ0) is 45.5. The summed E-state index contributed by atoms with van der Waals surface area (Å²) in [7, 11) is -2.85. The number of pyridine rings is 1. The van der Waals surface area contributed by atoms with Crippen LogP contribution < -0.4 is 24.8 Å². The minimum Gasteiger partial charge on any atom is -0.497 e. The molecule has 1 aliphatic carbocycles. The number of ether oxygens (including phenoxy) is 3. The van der Waals surface area contributed by atoms with Crippen molar-refractivity contribution >= 4 is 55.5 Å². The number of likely N-dealkylation sites (tertiary alicyclic amines) is 1. The number of nitrogens with zero attached hydrogens (tertiary/aromatic N) is 2. The third-order valence-corrected chi connectivity index (χ3v) is 12.7. The first-order valence-corrected chi connectivity index (χ1v) is 22.2. The number of carbonyl (C=O) groups excluding carboxylic acids is 4. The largest absolute Gasteiger partial charge is 0.497 e. The van der Waals surface area contributed by atoms with E-state index in [2.05, 4.69) is 21.9 Å². The predicted octanol–water partition coefficient (Wildman–Crippen LogP) is 6.92. The van der Waals surface area contributed by atoms with Crippen molar-refractivity contribution in [1.82, 2.24) is 25.2 Å². The van der Waals surface area contributed by atoms with Crippen molar-refractivity contribution in [2.45, 2.75) is 88.6 Å². The fraction of sp³-hybridized carbons (Fsp3) is 0.354. The molecule has 0 spiro atoms. The molecule has 2 heterocycles. The summed E-state index contributed by atoms with van der Waals surface area (Å²) in [5.74, 6) is -1.81. The van der Waals surface area contributed by atoms with Crippen molar-refractivity contribution in [3.8, 4) is 22.8 Å². The maximum Gasteiger partial charge on any atom is 0.408 e. The first kappa shape index (κ1) is 44.6. The first-order valence-electron chi connectivity index (χ1n) is 20.7. The lowest BCUT2D eigenvalue weighted by Gasteiger charge is -2.36. The molecule has 7 rings (SSSR count). The van der Waals surface area contributed by atoms with Crippen LogP contribution in [0, 0.1) is 11.3 Å². The molecule has 4 amide bonds. The number of amides is 4. The second kappa shape index (κ2) is 17.0. The molecule has 330 valence electrons. The number of aromatic nitrogens is 1. The highest BCUT2D eigenvalue weighted by Crippen LogP contribution is 2.45. The van der Waals surface area contributed by atoms with Gasteiger partial charge in [-0.15, -0.1) is 6.58 Å². The van der Waals surface area contributed by atoms with E-state index in [-0.39, 0.29) is 24.3 Å². The molecule has 1 aromatic heterocycles. The highest BCUT2D eigenvalue weighted by molar-refractivity contribution is 7.90. The fourth-order valence-electron chi connectivity index (χ4n) is 7.99. The molecule has 1 saturated carbocycles. The summed E-state index contributed by atoms with van der Waals surface area (Å²) >= 11 is 0. The third kappa shape index (κ3) is 9.48. The second-order valence-corrected chi connectivity index (χ2v) is 19.8. The van der Waals surface area contributed by atoms with E-state index < -0.39 is 74.5 Å². The number of alkyl carbamates (subject to hydrolysis) is 1. The molecular formula is C48H53N5O9S. The molecule has 5 atom stereocenters. The number of fused-ring (bicyclic) bond motifs is 2. The summed E-state index contributed by atoms with van der Waals surface area (Å²) in [6.45, 7) is 14.2. The van der Waals surface area contributed by atoms with Gasteiger partial charge in [0.25, 0.3) is 15.9 Å². The molecule has 63 heavy (non-hydrogen) atoms. The van der Waals surface area contributed by atoms with Crippen LogP contribution in [0.15, 0.2) is 115 Å². The Balaban J connectivity index is 1.22. The number of carbonyl (C=O) groups is 4. The molecule has 0 bridgehead atoms. The highest BCUT2D eigenvalue weighted by Gasteiger charge is 2.61. The van der Waals surface area contributed by atoms with E-state index in [0.29, 0.717) is 38.9 Å². The first-order chi connectivity index (χ1) is 29.7. The minimum absolute atomic E-state index is 0.0216. The Morgan fingerprint density at radius 3 is 2.27 bits per heavy atom. The molecular weight excluding hydrogens is 823 g/mol. The van der Waals surface area contributed by atoms with E-state index in [1.54, 1.807) is 103 Å². The molecule has 5 aromatic rings. The molecule has 0 radical (unpaired) electrons. The number of hydrogen-bond donors (Lipinski definition) is 3. The van der Waals surface area contributed by atoms with Crippen LogP contribution >= 0.6 is 0 Å². The van der Waals surface area contributed by atoms with Gasteiger partial charge in [-0.05, 0) is 56.2 Å². The van der Waals surface area contributed by atoms with Gasteiger partial charge in [0.15, 0.2) is 0 Å². The van der Waals surface area contributed by atoms with Crippen molar-refractivity contribution in [1.29, 1.82) is 0 Å². The van der Waals surface area contributed by atoms with Crippen molar-refractivity contribution in [2.24, 2.45) is 11.3 Å². The number of methoxy groups -OCH3 is 1. The average molecular weight is 876 g/mol. The Labute approximate surface area is 367 Å². The van der Waals surface area contributed by atoms with E-state index in [1.165, 1.54) is 17.0 Å². The molecule has 15 heteroatoms. The van der Waals surface area contributed by atoms with Crippen LogP contribution in [-0.4, -0.2) is 85.1 Å². The Morgan fingerprint density at radius 1 is 0.905 bits per heavy atom. The Morgan fingerprint density at radius 2 is 1.60 bits per heavy atom. The molecule has 14 nitrogen and oxygen atoms in total. The molecule has 2 unspecified atom stereocenters. The monoisotopic (exact) mass is 875 g/mol. The lowest BCUT2D eigenvalue weighted by Crippen LogP contribution is -2.60. The van der Waals surface area contributed by atoms with Gasteiger partial charge in [-0.3, -0.25) is 14.4 Å². The lowest BCUT2D eigenvalue weighted by molar-refractivity contribution is -0.143. The molecule has 2 aliphatic rings. The van der Waals surface area contributed by atoms with Crippen molar-refractivity contribution < 1.29 is 41.8 Å². The SMILES string of the molecule is C=CC1C[C@]1(NC(=O)[C@@H]1C[C@@H](Oc2cc(-c3ccccc3)nc3cc(OC)ccc23)CN1C(=O)C(NC(=O)OC(C)(C)C)C(C)(C)C)C(=O)NS(=O)(=O)c1cccc2ccccc12. The van der Waals surface area contributed by atoms with Gasteiger partial charge in [0.1, 0.15) is 40.8 Å². The number of hydrogen-bond acceptors (Lipinski definition) is 10. The minimum atomic E-state index is -4.42. The normalized spacial score (nSPS) is 20.4. The molecule has 2 fully saturated rings. The maximum atomic E-state index is 14.8. The van der Waals surface area contributed by atoms with E-state index in [0.717, 1.165) is 5.56 Å². The Hall–Kier alpha value is -6.48. The van der Waals surface area contributed by atoms with E-state index in [4.69, 9.17) is 19.2 Å². The Kier molecular flexibility index (Phi) is 12.0. The summed E-state index contributed by atoms with van der Waals surface area (Å²) in [6, 6.07) is 26.0. The maximum absolute atomic E-state index is 14.8. The van der Waals surface area contributed by atoms with Crippen LogP contribution in [0.1, 0.15) is 54.4 Å². The van der Waals surface area contributed by atoms with Crippen LogP contribution in [0.3, 0.4) is 0 Å². The van der Waals surface area contributed by atoms with Gasteiger partial charge in [-0.2, -0.15) is 0 Å². The van der Waals surface area contributed by atoms with Crippen LogP contribution in [0.2, 0.25) is 0 Å². The van der Waals surface area contributed by atoms with Crippen molar-refractivity contribution in [3.05, 3.63) is 110 Å². The topological polar surface area (TPSA) is 182 Å². The second-order valence-electron chi connectivity index (χ2n) is 18.1. The number of sulfonamides is 1.